The van der Waals surface area contributed by atoms with Gasteiger partial charge in [0.2, 0.25) is 0 Å². The Kier molecular flexibility index (Phi) is 1.74. The van der Waals surface area contributed by atoms with Crippen LogP contribution in [-0.4, -0.2) is 9.97 Å². The van der Waals surface area contributed by atoms with Gasteiger partial charge in [0.05, 0.1) is 12.5 Å². The Hall–Kier alpha value is -1.45. The highest BCUT2D eigenvalue weighted by Crippen LogP contribution is 2.02. The van der Waals surface area contributed by atoms with E-state index < -0.39 is 0 Å². The number of nitrogens with one attached hydrogen (secondary N) is 1. The van der Waals surface area contributed by atoms with E-state index in [1.54, 1.807) is 6.20 Å². The number of aromatic amines is 1. The highest BCUT2D eigenvalue weighted by atomic mass is 15.1. The van der Waals surface area contributed by atoms with Crippen LogP contribution in [0.2, 0.25) is 0 Å². The molecule has 1 N–H and O–H groups in total. The number of rotatable bonds is 2. The molecule has 46 valence electrons. The van der Waals surface area contributed by atoms with Gasteiger partial charge in [-0.25, -0.2) is 4.98 Å². The third kappa shape index (κ3) is 1.49. The Bertz CT molecular complexity index is 199. The van der Waals surface area contributed by atoms with E-state index in [0.29, 0.717) is 5.82 Å². The van der Waals surface area contributed by atoms with Crippen molar-refractivity contribution in [2.75, 3.05) is 0 Å². The van der Waals surface area contributed by atoms with Gasteiger partial charge in [0.15, 0.2) is 5.82 Å². The molecule has 0 aliphatic rings. The van der Waals surface area contributed by atoms with E-state index in [4.69, 9.17) is 0 Å². The van der Waals surface area contributed by atoms with Gasteiger partial charge in [-0.3, -0.25) is 0 Å². The summed E-state index contributed by atoms with van der Waals surface area (Å²) in [6, 6.07) is 0. The summed E-state index contributed by atoms with van der Waals surface area (Å²) in [5, 5.41) is 7.21. The highest BCUT2D eigenvalue weighted by molar-refractivity contribution is 5.19. The van der Waals surface area contributed by atoms with Gasteiger partial charge in [-0.15, -0.1) is 5.11 Å². The molecule has 1 aromatic rings. The van der Waals surface area contributed by atoms with Crippen LogP contribution < -0.4 is 0 Å². The Labute approximate surface area is 52.3 Å². The van der Waals surface area contributed by atoms with E-state index in [2.05, 4.69) is 26.8 Å². The first kappa shape index (κ1) is 5.68. The first-order valence-electron chi connectivity index (χ1n) is 2.43. The minimum absolute atomic E-state index is 0.634. The van der Waals surface area contributed by atoms with Crippen molar-refractivity contribution in [3.63, 3.8) is 0 Å². The normalized spacial score (nSPS) is 10.2. The summed E-state index contributed by atoms with van der Waals surface area (Å²) in [6.07, 6.45) is 4.48. The first-order chi connectivity index (χ1) is 4.43. The van der Waals surface area contributed by atoms with Crippen LogP contribution in [0.4, 0.5) is 5.82 Å². The second-order valence-corrected chi connectivity index (χ2v) is 1.33. The molecule has 0 aromatic carbocycles. The van der Waals surface area contributed by atoms with Crippen molar-refractivity contribution >= 4 is 5.82 Å². The van der Waals surface area contributed by atoms with Crippen LogP contribution in [0.25, 0.3) is 0 Å². The number of hydrogen-bond donors (Lipinski definition) is 1. The second-order valence-electron chi connectivity index (χ2n) is 1.33. The zero-order chi connectivity index (χ0) is 6.53. The van der Waals surface area contributed by atoms with E-state index in [1.165, 1.54) is 12.5 Å². The van der Waals surface area contributed by atoms with Crippen LogP contribution in [-0.2, 0) is 0 Å². The number of hydrogen-bond acceptors (Lipinski definition) is 3. The van der Waals surface area contributed by atoms with Crippen molar-refractivity contribution < 1.29 is 0 Å². The van der Waals surface area contributed by atoms with E-state index in [9.17, 15) is 0 Å². The molecule has 1 rings (SSSR count). The largest absolute Gasteiger partial charge is 0.328 e. The van der Waals surface area contributed by atoms with Crippen molar-refractivity contribution in [3.8, 4) is 0 Å². The molecule has 0 saturated heterocycles. The van der Waals surface area contributed by atoms with Crippen LogP contribution in [0, 0.1) is 0 Å². The quantitative estimate of drug-likeness (QED) is 0.595. The molecule has 0 aliphatic carbocycles. The van der Waals surface area contributed by atoms with Gasteiger partial charge in [-0.05, 0) is 0 Å². The molecular formula is C5H6N4. The SMILES string of the molecule is C=CN=Nc1cnc[nH]1. The second kappa shape index (κ2) is 2.76. The van der Waals surface area contributed by atoms with Gasteiger partial charge in [-0.1, -0.05) is 6.58 Å². The lowest BCUT2D eigenvalue weighted by atomic mass is 10.8. The molecule has 0 atom stereocenters. The van der Waals surface area contributed by atoms with E-state index in [-0.39, 0.29) is 0 Å². The zero-order valence-electron chi connectivity index (χ0n) is 4.78. The van der Waals surface area contributed by atoms with Gasteiger partial charge in [0.1, 0.15) is 0 Å². The lowest BCUT2D eigenvalue weighted by molar-refractivity contribution is 1.18. The monoisotopic (exact) mass is 122 g/mol. The van der Waals surface area contributed by atoms with Crippen LogP contribution >= 0.6 is 0 Å². The topological polar surface area (TPSA) is 53.4 Å². The third-order valence-electron chi connectivity index (χ3n) is 0.731. The molecule has 0 saturated carbocycles. The van der Waals surface area contributed by atoms with Gasteiger partial charge >= 0.3 is 0 Å². The first-order valence-corrected chi connectivity index (χ1v) is 2.43. The summed E-state index contributed by atoms with van der Waals surface area (Å²) < 4.78 is 0. The standard InChI is InChI=1S/C5H6N4/c1-2-8-9-5-3-6-4-7-5/h2-4H,1H2,(H,6,7). The van der Waals surface area contributed by atoms with Crippen LogP contribution in [0.1, 0.15) is 0 Å². The molecule has 1 aromatic heterocycles. The maximum Gasteiger partial charge on any atom is 0.172 e. The minimum Gasteiger partial charge on any atom is -0.328 e. The highest BCUT2D eigenvalue weighted by Gasteiger charge is 1.83. The number of imidazole rings is 1. The maximum atomic E-state index is 3.73. The van der Waals surface area contributed by atoms with Crippen LogP contribution in [0.15, 0.2) is 35.5 Å². The molecular weight excluding hydrogens is 116 g/mol. The molecule has 0 spiro atoms. The summed E-state index contributed by atoms with van der Waals surface area (Å²) in [4.78, 5) is 6.48. The molecule has 0 radical (unpaired) electrons. The zero-order valence-corrected chi connectivity index (χ0v) is 4.78. The molecule has 0 bridgehead atoms. The Morgan fingerprint density at radius 2 is 2.67 bits per heavy atom. The molecule has 4 heteroatoms. The van der Waals surface area contributed by atoms with Crippen LogP contribution in [0.3, 0.4) is 0 Å². The van der Waals surface area contributed by atoms with Gasteiger partial charge in [0, 0.05) is 6.20 Å². The number of aromatic nitrogens is 2. The summed E-state index contributed by atoms with van der Waals surface area (Å²) >= 11 is 0. The Morgan fingerprint density at radius 3 is 3.22 bits per heavy atom. The lowest BCUT2D eigenvalue weighted by Gasteiger charge is -1.75. The maximum absolute atomic E-state index is 3.73. The summed E-state index contributed by atoms with van der Waals surface area (Å²) in [5.41, 5.74) is 0. The van der Waals surface area contributed by atoms with E-state index >= 15 is 0 Å². The average molecular weight is 122 g/mol. The summed E-state index contributed by atoms with van der Waals surface area (Å²) in [5.74, 6) is 0.634. The van der Waals surface area contributed by atoms with Crippen molar-refractivity contribution in [2.45, 2.75) is 0 Å². The van der Waals surface area contributed by atoms with Crippen LogP contribution in [0.5, 0.6) is 0 Å². The molecule has 0 unspecified atom stereocenters. The smallest absolute Gasteiger partial charge is 0.172 e. The van der Waals surface area contributed by atoms with Crippen molar-refractivity contribution in [2.24, 2.45) is 10.2 Å². The molecule has 0 fully saturated rings. The minimum atomic E-state index is 0.634. The van der Waals surface area contributed by atoms with E-state index in [1.807, 2.05) is 0 Å². The van der Waals surface area contributed by atoms with Crippen molar-refractivity contribution in [1.29, 1.82) is 0 Å². The van der Waals surface area contributed by atoms with E-state index in [0.717, 1.165) is 0 Å². The molecule has 0 aliphatic heterocycles. The lowest BCUT2D eigenvalue weighted by Crippen LogP contribution is -1.54. The van der Waals surface area contributed by atoms with Crippen molar-refractivity contribution in [1.82, 2.24) is 9.97 Å². The third-order valence-corrected chi connectivity index (χ3v) is 0.731. The number of H-pyrrole nitrogens is 1. The van der Waals surface area contributed by atoms with Crippen molar-refractivity contribution in [3.05, 3.63) is 25.3 Å². The predicted octanol–water partition coefficient (Wildman–Crippen LogP) is 1.64. The molecule has 9 heavy (non-hydrogen) atoms. The predicted molar refractivity (Wildman–Crippen MR) is 33.3 cm³/mol. The number of nitrogens with zero attached hydrogens (tertiary/aromatic N) is 3. The Balaban J connectivity index is 2.67. The van der Waals surface area contributed by atoms with Gasteiger partial charge in [0.25, 0.3) is 0 Å². The fourth-order valence-electron chi connectivity index (χ4n) is 0.406. The average Bonchev–Trinajstić information content (AvgIpc) is 2.34. The Morgan fingerprint density at radius 1 is 1.78 bits per heavy atom. The molecule has 1 heterocycles. The number of azo groups is 1. The van der Waals surface area contributed by atoms with Gasteiger partial charge in [-0.2, -0.15) is 5.11 Å². The molecule has 0 amide bonds. The van der Waals surface area contributed by atoms with Gasteiger partial charge < -0.3 is 4.98 Å². The summed E-state index contributed by atoms with van der Waals surface area (Å²) in [7, 11) is 0. The fourth-order valence-corrected chi connectivity index (χ4v) is 0.406. The molecule has 4 nitrogen and oxygen atoms in total. The fraction of sp³-hybridized carbons (Fsp3) is 0. The summed E-state index contributed by atoms with van der Waals surface area (Å²) in [6.45, 7) is 3.37.